The Kier molecular flexibility index (Phi) is 4.18. The second-order valence-corrected chi connectivity index (χ2v) is 6.65. The second-order valence-electron chi connectivity index (χ2n) is 6.65. The molecule has 3 heterocycles. The molecule has 26 heavy (non-hydrogen) atoms. The van der Waals surface area contributed by atoms with E-state index in [1.165, 1.54) is 24.4 Å². The highest BCUT2D eigenvalue weighted by Gasteiger charge is 2.39. The number of para-hydroxylation sites is 1. The van der Waals surface area contributed by atoms with Crippen LogP contribution >= 0.6 is 0 Å². The molecule has 1 amide bonds. The van der Waals surface area contributed by atoms with E-state index in [0.717, 1.165) is 43.1 Å². The number of alkyl halides is 3. The van der Waals surface area contributed by atoms with Crippen LogP contribution in [0.4, 0.5) is 13.2 Å². The largest absolute Gasteiger partial charge is 0.418 e. The zero-order valence-electron chi connectivity index (χ0n) is 13.9. The molecule has 2 fully saturated rings. The number of benzene rings is 1. The smallest absolute Gasteiger partial charge is 0.330 e. The van der Waals surface area contributed by atoms with Crippen molar-refractivity contribution in [2.24, 2.45) is 0 Å². The van der Waals surface area contributed by atoms with Crippen molar-refractivity contribution in [1.82, 2.24) is 25.2 Å². The lowest BCUT2D eigenvalue weighted by atomic mass is 10.1. The summed E-state index contributed by atoms with van der Waals surface area (Å²) >= 11 is 0. The average Bonchev–Trinajstić information content (AvgIpc) is 3.17. The fourth-order valence-corrected chi connectivity index (χ4v) is 3.84. The number of nitrogens with one attached hydrogen (secondary N) is 1. The van der Waals surface area contributed by atoms with Crippen LogP contribution in [0, 0.1) is 0 Å². The summed E-state index contributed by atoms with van der Waals surface area (Å²) in [6.07, 6.45) is -0.488. The summed E-state index contributed by atoms with van der Waals surface area (Å²) < 4.78 is 40.6. The summed E-state index contributed by atoms with van der Waals surface area (Å²) in [6, 6.07) is 5.36. The fraction of sp³-hybridized carbons (Fsp3) is 0.471. The van der Waals surface area contributed by atoms with Crippen molar-refractivity contribution in [1.29, 1.82) is 0 Å². The molecule has 0 aliphatic carbocycles. The molecule has 4 rings (SSSR count). The van der Waals surface area contributed by atoms with Gasteiger partial charge in [-0.05, 0) is 37.9 Å². The minimum absolute atomic E-state index is 0.0702. The average molecular weight is 365 g/mol. The third-order valence-electron chi connectivity index (χ3n) is 5.06. The van der Waals surface area contributed by atoms with E-state index < -0.39 is 11.7 Å². The van der Waals surface area contributed by atoms with Crippen LogP contribution in [-0.4, -0.2) is 51.0 Å². The molecule has 0 radical (unpaired) electrons. The normalized spacial score (nSPS) is 23.1. The first-order chi connectivity index (χ1) is 12.4. The number of nitrogens with zero attached hydrogens (tertiary/aromatic N) is 4. The van der Waals surface area contributed by atoms with Gasteiger partial charge < -0.3 is 10.2 Å². The highest BCUT2D eigenvalue weighted by molar-refractivity contribution is 5.92. The first-order valence-electron chi connectivity index (χ1n) is 8.57. The number of rotatable bonds is 2. The highest BCUT2D eigenvalue weighted by Crippen LogP contribution is 2.34. The van der Waals surface area contributed by atoms with Gasteiger partial charge >= 0.3 is 6.18 Å². The molecule has 2 unspecified atom stereocenters. The summed E-state index contributed by atoms with van der Waals surface area (Å²) in [5, 5.41) is 10.9. The molecule has 9 heteroatoms. The van der Waals surface area contributed by atoms with Crippen LogP contribution in [0.2, 0.25) is 0 Å². The fourth-order valence-electron chi connectivity index (χ4n) is 3.84. The summed E-state index contributed by atoms with van der Waals surface area (Å²) in [5.74, 6) is -0.267. The van der Waals surface area contributed by atoms with E-state index in [-0.39, 0.29) is 29.4 Å². The van der Waals surface area contributed by atoms with E-state index in [1.54, 1.807) is 0 Å². The van der Waals surface area contributed by atoms with Gasteiger partial charge in [0.05, 0.1) is 17.4 Å². The third kappa shape index (κ3) is 2.96. The van der Waals surface area contributed by atoms with Crippen LogP contribution in [0.1, 0.15) is 35.3 Å². The van der Waals surface area contributed by atoms with Crippen molar-refractivity contribution in [3.63, 3.8) is 0 Å². The van der Waals surface area contributed by atoms with Gasteiger partial charge in [-0.15, -0.1) is 5.10 Å². The molecule has 0 saturated carbocycles. The number of hydrogen-bond acceptors (Lipinski definition) is 4. The Balaban J connectivity index is 1.64. The van der Waals surface area contributed by atoms with Crippen LogP contribution in [0.15, 0.2) is 30.5 Å². The Morgan fingerprint density at radius 3 is 2.73 bits per heavy atom. The first kappa shape index (κ1) is 17.0. The Labute approximate surface area is 148 Å². The van der Waals surface area contributed by atoms with E-state index in [9.17, 15) is 18.0 Å². The first-order valence-corrected chi connectivity index (χ1v) is 8.57. The maximum Gasteiger partial charge on any atom is 0.418 e. The minimum Gasteiger partial charge on any atom is -0.330 e. The van der Waals surface area contributed by atoms with Crippen molar-refractivity contribution in [2.75, 3.05) is 13.1 Å². The van der Waals surface area contributed by atoms with Gasteiger partial charge in [-0.3, -0.25) is 4.79 Å². The van der Waals surface area contributed by atoms with Gasteiger partial charge in [0.25, 0.3) is 5.91 Å². The van der Waals surface area contributed by atoms with Crippen molar-refractivity contribution >= 4 is 5.91 Å². The molecule has 1 aromatic carbocycles. The van der Waals surface area contributed by atoms with Gasteiger partial charge in [0.2, 0.25) is 0 Å². The monoisotopic (exact) mass is 365 g/mol. The third-order valence-corrected chi connectivity index (χ3v) is 5.06. The van der Waals surface area contributed by atoms with Crippen LogP contribution in [0.5, 0.6) is 0 Å². The number of carbonyl (C=O) groups excluding carboxylic acids is 1. The lowest BCUT2D eigenvalue weighted by Crippen LogP contribution is -2.42. The number of amides is 1. The molecule has 2 aromatic rings. The Bertz CT molecular complexity index is 805. The topological polar surface area (TPSA) is 63.1 Å². The zero-order valence-corrected chi connectivity index (χ0v) is 13.9. The van der Waals surface area contributed by atoms with Crippen LogP contribution in [0.25, 0.3) is 5.69 Å². The Morgan fingerprint density at radius 1 is 1.15 bits per heavy atom. The van der Waals surface area contributed by atoms with Gasteiger partial charge in [0, 0.05) is 18.6 Å². The van der Waals surface area contributed by atoms with E-state index in [2.05, 4.69) is 15.6 Å². The molecule has 138 valence electrons. The molecular formula is C17H18F3N5O. The maximum absolute atomic E-state index is 13.2. The molecule has 2 aliphatic rings. The van der Waals surface area contributed by atoms with Crippen molar-refractivity contribution in [3.8, 4) is 5.69 Å². The Hall–Kier alpha value is -2.42. The summed E-state index contributed by atoms with van der Waals surface area (Å²) in [5.41, 5.74) is -0.893. The number of hydrogen-bond donors (Lipinski definition) is 1. The van der Waals surface area contributed by atoms with E-state index in [4.69, 9.17) is 0 Å². The highest BCUT2D eigenvalue weighted by atomic mass is 19.4. The lowest BCUT2D eigenvalue weighted by Gasteiger charge is -2.26. The number of aromatic nitrogens is 3. The molecule has 1 aromatic heterocycles. The van der Waals surface area contributed by atoms with E-state index in [1.807, 2.05) is 4.90 Å². The molecule has 6 nitrogen and oxygen atoms in total. The van der Waals surface area contributed by atoms with Gasteiger partial charge in [0.15, 0.2) is 5.69 Å². The lowest BCUT2D eigenvalue weighted by molar-refractivity contribution is -0.137. The predicted molar refractivity (Wildman–Crippen MR) is 86.8 cm³/mol. The Morgan fingerprint density at radius 2 is 1.92 bits per heavy atom. The second kappa shape index (κ2) is 6.39. The molecule has 2 aliphatic heterocycles. The van der Waals surface area contributed by atoms with Crippen molar-refractivity contribution < 1.29 is 18.0 Å². The standard InChI is InChI=1S/C17H18F3N5O/c18-17(19,20)13-3-1-2-4-15(13)24-10-14(22-23-24)16(26)25-11-5-6-12(25)9-21-8-7-11/h1-4,10-12,21H,5-9H2. The number of halogens is 3. The minimum atomic E-state index is -4.51. The zero-order chi connectivity index (χ0) is 18.3. The van der Waals surface area contributed by atoms with Gasteiger partial charge in [0.1, 0.15) is 0 Å². The van der Waals surface area contributed by atoms with Crippen LogP contribution < -0.4 is 5.32 Å². The number of fused-ring (bicyclic) bond motifs is 2. The van der Waals surface area contributed by atoms with E-state index >= 15 is 0 Å². The van der Waals surface area contributed by atoms with Crippen LogP contribution in [0.3, 0.4) is 0 Å². The van der Waals surface area contributed by atoms with Gasteiger partial charge in [-0.1, -0.05) is 17.3 Å². The predicted octanol–water partition coefficient (Wildman–Crippen LogP) is 2.25. The van der Waals surface area contributed by atoms with Gasteiger partial charge in [-0.25, -0.2) is 4.68 Å². The van der Waals surface area contributed by atoms with E-state index in [0.29, 0.717) is 0 Å². The molecule has 2 saturated heterocycles. The molecule has 0 spiro atoms. The van der Waals surface area contributed by atoms with Crippen molar-refractivity contribution in [2.45, 2.75) is 37.5 Å². The number of carbonyl (C=O) groups is 1. The SMILES string of the molecule is O=C(c1cn(-c2ccccc2C(F)(F)F)nn1)N1C2CCNCC1CC2. The quantitative estimate of drug-likeness (QED) is 0.887. The summed E-state index contributed by atoms with van der Waals surface area (Å²) in [7, 11) is 0. The molecule has 1 N–H and O–H groups in total. The maximum atomic E-state index is 13.2. The van der Waals surface area contributed by atoms with Crippen LogP contribution in [-0.2, 0) is 6.18 Å². The molecular weight excluding hydrogens is 347 g/mol. The summed E-state index contributed by atoms with van der Waals surface area (Å²) in [6.45, 7) is 1.59. The molecule has 2 atom stereocenters. The van der Waals surface area contributed by atoms with Gasteiger partial charge in [-0.2, -0.15) is 13.2 Å². The summed E-state index contributed by atoms with van der Waals surface area (Å²) in [4.78, 5) is 14.7. The molecule has 2 bridgehead atoms. The van der Waals surface area contributed by atoms with Crippen molar-refractivity contribution in [3.05, 3.63) is 41.7 Å².